The van der Waals surface area contributed by atoms with Crippen LogP contribution in [0.1, 0.15) is 69.4 Å². The van der Waals surface area contributed by atoms with Crippen molar-refractivity contribution in [2.24, 2.45) is 17.8 Å². The molecule has 4 fully saturated rings. The first-order valence-corrected chi connectivity index (χ1v) is 15.1. The van der Waals surface area contributed by atoms with Crippen LogP contribution >= 0.6 is 0 Å². The first-order valence-electron chi connectivity index (χ1n) is 13.2. The summed E-state index contributed by atoms with van der Waals surface area (Å²) < 4.78 is 26.4. The summed E-state index contributed by atoms with van der Waals surface area (Å²) in [5, 5.41) is 2.85. The molecule has 0 radical (unpaired) electrons. The van der Waals surface area contributed by atoms with Crippen molar-refractivity contribution in [2.45, 2.75) is 70.1 Å². The van der Waals surface area contributed by atoms with Crippen LogP contribution in [0.3, 0.4) is 0 Å². The number of amides is 1. The van der Waals surface area contributed by atoms with E-state index in [2.05, 4.69) is 24.4 Å². The molecule has 1 amide bonds. The number of carbonyl (C=O) groups is 1. The van der Waals surface area contributed by atoms with Crippen LogP contribution in [0.5, 0.6) is 0 Å². The van der Waals surface area contributed by atoms with Gasteiger partial charge in [0, 0.05) is 5.69 Å². The van der Waals surface area contributed by atoms with Crippen molar-refractivity contribution in [1.82, 2.24) is 0 Å². The number of rotatable bonds is 9. The van der Waals surface area contributed by atoms with Gasteiger partial charge in [-0.2, -0.15) is 0 Å². The van der Waals surface area contributed by atoms with E-state index in [1.165, 1.54) is 54.0 Å². The van der Waals surface area contributed by atoms with Crippen molar-refractivity contribution in [3.63, 3.8) is 0 Å². The number of carbonyl (C=O) groups excluding carboxylic acids is 1. The SMILES string of the molecule is CCCCc1ccc(NC(=O)CN(c2ccc(C34CC5CC(CC(C5)C3)C4)cc2)S(C)(=O)=O)cc1. The molecule has 0 unspecified atom stereocenters. The molecule has 4 saturated carbocycles. The van der Waals surface area contributed by atoms with Crippen molar-refractivity contribution in [1.29, 1.82) is 0 Å². The second-order valence-corrected chi connectivity index (χ2v) is 13.3. The number of hydrogen-bond donors (Lipinski definition) is 1. The van der Waals surface area contributed by atoms with Crippen molar-refractivity contribution in [3.8, 4) is 0 Å². The first kappa shape index (κ1) is 24.4. The molecule has 0 spiro atoms. The second kappa shape index (κ2) is 9.61. The number of sulfonamides is 1. The van der Waals surface area contributed by atoms with Crippen LogP contribution in [0.2, 0.25) is 0 Å². The molecule has 4 aliphatic carbocycles. The molecule has 6 heteroatoms. The molecule has 2 aromatic carbocycles. The van der Waals surface area contributed by atoms with Gasteiger partial charge >= 0.3 is 0 Å². The molecule has 4 aliphatic rings. The average Bonchev–Trinajstić information content (AvgIpc) is 2.81. The number of anilines is 2. The molecule has 0 aliphatic heterocycles. The van der Waals surface area contributed by atoms with E-state index < -0.39 is 10.0 Å². The van der Waals surface area contributed by atoms with E-state index in [0.29, 0.717) is 11.4 Å². The van der Waals surface area contributed by atoms with E-state index in [-0.39, 0.29) is 17.9 Å². The van der Waals surface area contributed by atoms with Crippen molar-refractivity contribution >= 4 is 27.3 Å². The quantitative estimate of drug-likeness (QED) is 0.472. The van der Waals surface area contributed by atoms with Crippen LogP contribution in [-0.4, -0.2) is 27.1 Å². The maximum Gasteiger partial charge on any atom is 0.245 e. The van der Waals surface area contributed by atoms with E-state index in [1.54, 1.807) is 0 Å². The topological polar surface area (TPSA) is 66.5 Å². The highest BCUT2D eigenvalue weighted by Gasteiger charge is 2.51. The molecule has 0 saturated heterocycles. The molecule has 0 atom stereocenters. The van der Waals surface area contributed by atoms with E-state index in [9.17, 15) is 13.2 Å². The van der Waals surface area contributed by atoms with Gasteiger partial charge in [-0.15, -0.1) is 0 Å². The summed E-state index contributed by atoms with van der Waals surface area (Å²) in [6.45, 7) is 1.92. The maximum absolute atomic E-state index is 12.8. The van der Waals surface area contributed by atoms with Crippen LogP contribution in [0.25, 0.3) is 0 Å². The second-order valence-electron chi connectivity index (χ2n) is 11.4. The van der Waals surface area contributed by atoms with E-state index in [4.69, 9.17) is 0 Å². The van der Waals surface area contributed by atoms with Crippen molar-refractivity contribution < 1.29 is 13.2 Å². The third kappa shape index (κ3) is 5.28. The predicted octanol–water partition coefficient (Wildman–Crippen LogP) is 5.90. The zero-order chi connectivity index (χ0) is 24.6. The summed E-state index contributed by atoms with van der Waals surface area (Å²) in [6, 6.07) is 15.8. The Morgan fingerprint density at radius 3 is 2.03 bits per heavy atom. The summed E-state index contributed by atoms with van der Waals surface area (Å²) >= 11 is 0. The highest BCUT2D eigenvalue weighted by molar-refractivity contribution is 7.92. The van der Waals surface area contributed by atoms with Gasteiger partial charge in [-0.25, -0.2) is 8.42 Å². The fraction of sp³-hybridized carbons (Fsp3) is 0.552. The number of nitrogens with one attached hydrogen (secondary N) is 1. The lowest BCUT2D eigenvalue weighted by Gasteiger charge is -2.57. The molecule has 35 heavy (non-hydrogen) atoms. The predicted molar refractivity (Wildman–Crippen MR) is 142 cm³/mol. The molecule has 6 rings (SSSR count). The lowest BCUT2D eigenvalue weighted by Crippen LogP contribution is -2.48. The standard InChI is InChI=1S/C29H38N2O3S/c1-3-4-5-21-6-10-26(11-7-21)30-28(32)20-31(35(2,33)34)27-12-8-25(9-13-27)29-17-22-14-23(18-29)16-24(15-22)19-29/h6-13,22-24H,3-5,14-20H2,1-2H3,(H,30,32). The maximum atomic E-state index is 12.8. The molecule has 0 heterocycles. The van der Waals surface area contributed by atoms with Crippen LogP contribution < -0.4 is 9.62 Å². The van der Waals surface area contributed by atoms with Crippen molar-refractivity contribution in [3.05, 3.63) is 59.7 Å². The van der Waals surface area contributed by atoms with Gasteiger partial charge in [-0.3, -0.25) is 9.10 Å². The number of nitrogens with zero attached hydrogens (tertiary/aromatic N) is 1. The van der Waals surface area contributed by atoms with Gasteiger partial charge in [0.05, 0.1) is 11.9 Å². The molecule has 1 N–H and O–H groups in total. The molecule has 5 nitrogen and oxygen atoms in total. The van der Waals surface area contributed by atoms with Gasteiger partial charge in [0.15, 0.2) is 0 Å². The monoisotopic (exact) mass is 494 g/mol. The zero-order valence-electron chi connectivity index (χ0n) is 21.0. The Labute approximate surface area is 210 Å². The first-order chi connectivity index (χ1) is 16.7. The Bertz CT molecular complexity index is 1120. The normalized spacial score (nSPS) is 27.1. The Balaban J connectivity index is 1.28. The van der Waals surface area contributed by atoms with E-state index in [1.807, 2.05) is 36.4 Å². The Hall–Kier alpha value is -2.34. The highest BCUT2D eigenvalue weighted by Crippen LogP contribution is 2.60. The Morgan fingerprint density at radius 2 is 1.51 bits per heavy atom. The van der Waals surface area contributed by atoms with Crippen molar-refractivity contribution in [2.75, 3.05) is 22.4 Å². The summed E-state index contributed by atoms with van der Waals surface area (Å²) in [5.74, 6) is 2.23. The molecule has 0 aromatic heterocycles. The minimum absolute atomic E-state index is 0.243. The van der Waals surface area contributed by atoms with Gasteiger partial charge < -0.3 is 5.32 Å². The molecule has 2 aromatic rings. The van der Waals surface area contributed by atoms with Gasteiger partial charge in [-0.05, 0) is 110 Å². The zero-order valence-corrected chi connectivity index (χ0v) is 21.8. The molecule has 188 valence electrons. The fourth-order valence-electron chi connectivity index (χ4n) is 7.31. The van der Waals surface area contributed by atoms with Crippen LogP contribution in [-0.2, 0) is 26.7 Å². The highest BCUT2D eigenvalue weighted by atomic mass is 32.2. The number of hydrogen-bond acceptors (Lipinski definition) is 3. The minimum Gasteiger partial charge on any atom is -0.325 e. The summed E-state index contributed by atoms with van der Waals surface area (Å²) in [6.07, 6.45) is 12.5. The van der Waals surface area contributed by atoms with Gasteiger partial charge in [0.25, 0.3) is 0 Å². The summed E-state index contributed by atoms with van der Waals surface area (Å²) in [5.41, 5.74) is 4.08. The Kier molecular flexibility index (Phi) is 6.69. The minimum atomic E-state index is -3.61. The largest absolute Gasteiger partial charge is 0.325 e. The lowest BCUT2D eigenvalue weighted by molar-refractivity contribution is -0.114. The van der Waals surface area contributed by atoms with Gasteiger partial charge in [0.2, 0.25) is 15.9 Å². The van der Waals surface area contributed by atoms with Gasteiger partial charge in [0.1, 0.15) is 6.54 Å². The third-order valence-electron chi connectivity index (χ3n) is 8.55. The summed E-state index contributed by atoms with van der Waals surface area (Å²) in [7, 11) is -3.61. The summed E-state index contributed by atoms with van der Waals surface area (Å²) in [4.78, 5) is 12.8. The molecular formula is C29H38N2O3S. The Morgan fingerprint density at radius 1 is 0.943 bits per heavy atom. The fourth-order valence-corrected chi connectivity index (χ4v) is 8.17. The lowest BCUT2D eigenvalue weighted by atomic mass is 9.48. The average molecular weight is 495 g/mol. The van der Waals surface area contributed by atoms with Crippen LogP contribution in [0.4, 0.5) is 11.4 Å². The van der Waals surface area contributed by atoms with E-state index >= 15 is 0 Å². The number of unbranched alkanes of at least 4 members (excludes halogenated alkanes) is 1. The smallest absolute Gasteiger partial charge is 0.245 e. The molecule has 4 bridgehead atoms. The number of aryl methyl sites for hydroxylation is 1. The van der Waals surface area contributed by atoms with Gasteiger partial charge in [-0.1, -0.05) is 37.6 Å². The van der Waals surface area contributed by atoms with E-state index in [0.717, 1.165) is 43.3 Å². The molecular weight excluding hydrogens is 456 g/mol. The van der Waals surface area contributed by atoms with Crippen LogP contribution in [0.15, 0.2) is 48.5 Å². The third-order valence-corrected chi connectivity index (χ3v) is 9.69. The number of benzene rings is 2. The van der Waals surface area contributed by atoms with Crippen LogP contribution in [0, 0.1) is 17.8 Å².